The van der Waals surface area contributed by atoms with Crippen LogP contribution in [-0.2, 0) is 17.6 Å². The van der Waals surface area contributed by atoms with Gasteiger partial charge in [-0.15, -0.1) is 0 Å². The van der Waals surface area contributed by atoms with Crippen molar-refractivity contribution in [3.63, 3.8) is 0 Å². The Morgan fingerprint density at radius 1 is 1.39 bits per heavy atom. The van der Waals surface area contributed by atoms with Gasteiger partial charge in [0.15, 0.2) is 5.82 Å². The minimum absolute atomic E-state index is 0.485. The molecule has 0 unspecified atom stereocenters. The number of aryl methyl sites for hydroxylation is 1. The lowest BCUT2D eigenvalue weighted by atomic mass is 9.72. The van der Waals surface area contributed by atoms with Gasteiger partial charge >= 0.3 is 5.97 Å². The lowest BCUT2D eigenvalue weighted by Gasteiger charge is -2.32. The van der Waals surface area contributed by atoms with E-state index < -0.39 is 11.4 Å². The van der Waals surface area contributed by atoms with Gasteiger partial charge in [-0.2, -0.15) is 5.10 Å². The van der Waals surface area contributed by atoms with Crippen LogP contribution in [0.25, 0.3) is 0 Å². The fraction of sp³-hybridized carbons (Fsp3) is 0.769. The van der Waals surface area contributed by atoms with E-state index in [-0.39, 0.29) is 0 Å². The fourth-order valence-corrected chi connectivity index (χ4v) is 2.76. The Balaban J connectivity index is 2.10. The summed E-state index contributed by atoms with van der Waals surface area (Å²) in [6.45, 7) is 2.08. The van der Waals surface area contributed by atoms with Crippen LogP contribution in [0, 0.1) is 5.41 Å². The molecule has 1 fully saturated rings. The molecule has 2 N–H and O–H groups in total. The highest BCUT2D eigenvalue weighted by Gasteiger charge is 2.40. The van der Waals surface area contributed by atoms with Crippen LogP contribution in [-0.4, -0.2) is 26.3 Å². The highest BCUT2D eigenvalue weighted by atomic mass is 16.4. The molecular weight excluding hydrogens is 230 g/mol. The van der Waals surface area contributed by atoms with E-state index in [0.717, 1.165) is 56.6 Å². The van der Waals surface area contributed by atoms with Crippen molar-refractivity contribution in [3.8, 4) is 0 Å². The van der Waals surface area contributed by atoms with Gasteiger partial charge in [-0.25, -0.2) is 4.98 Å². The predicted octanol–water partition coefficient (Wildman–Crippen LogP) is 2.33. The lowest BCUT2D eigenvalue weighted by Crippen LogP contribution is -2.35. The fourth-order valence-electron chi connectivity index (χ4n) is 2.76. The number of hydrogen-bond acceptors (Lipinski definition) is 3. The average molecular weight is 251 g/mol. The zero-order chi connectivity index (χ0) is 13.0. The predicted molar refractivity (Wildman–Crippen MR) is 67.2 cm³/mol. The molecule has 5 nitrogen and oxygen atoms in total. The number of carboxylic acid groups (broad SMARTS) is 1. The Morgan fingerprint density at radius 3 is 2.72 bits per heavy atom. The quantitative estimate of drug-likeness (QED) is 0.841. The molecule has 5 heteroatoms. The molecule has 0 spiro atoms. The van der Waals surface area contributed by atoms with Crippen molar-refractivity contribution in [2.45, 2.75) is 58.3 Å². The van der Waals surface area contributed by atoms with Crippen LogP contribution < -0.4 is 0 Å². The van der Waals surface area contributed by atoms with Crippen molar-refractivity contribution in [1.29, 1.82) is 0 Å². The van der Waals surface area contributed by atoms with Crippen LogP contribution in [0.4, 0.5) is 0 Å². The number of hydrogen-bond donors (Lipinski definition) is 2. The number of aliphatic carboxylic acids is 1. The van der Waals surface area contributed by atoms with E-state index in [9.17, 15) is 9.90 Å². The molecule has 0 aromatic carbocycles. The molecule has 0 bridgehead atoms. The van der Waals surface area contributed by atoms with Crippen molar-refractivity contribution in [1.82, 2.24) is 15.2 Å². The van der Waals surface area contributed by atoms with Crippen LogP contribution >= 0.6 is 0 Å². The van der Waals surface area contributed by atoms with E-state index in [1.54, 1.807) is 0 Å². The van der Waals surface area contributed by atoms with Gasteiger partial charge in [-0.1, -0.05) is 26.2 Å². The molecule has 0 atom stereocenters. The molecule has 1 aromatic rings. The number of nitrogens with one attached hydrogen (secondary N) is 1. The zero-order valence-electron chi connectivity index (χ0n) is 10.9. The molecule has 100 valence electrons. The summed E-state index contributed by atoms with van der Waals surface area (Å²) in [4.78, 5) is 15.9. The first kappa shape index (κ1) is 13.1. The number of aromatic amines is 1. The first-order valence-electron chi connectivity index (χ1n) is 6.80. The second-order valence-electron chi connectivity index (χ2n) is 5.27. The van der Waals surface area contributed by atoms with E-state index in [1.165, 1.54) is 0 Å². The Bertz CT molecular complexity index is 408. The molecule has 1 aromatic heterocycles. The summed E-state index contributed by atoms with van der Waals surface area (Å²) in [5.74, 6) is 0.835. The summed E-state index contributed by atoms with van der Waals surface area (Å²) in [5, 5.41) is 16.5. The van der Waals surface area contributed by atoms with E-state index >= 15 is 0 Å². The topological polar surface area (TPSA) is 78.9 Å². The van der Waals surface area contributed by atoms with E-state index in [4.69, 9.17) is 0 Å². The molecule has 18 heavy (non-hydrogen) atoms. The van der Waals surface area contributed by atoms with Crippen molar-refractivity contribution in [2.75, 3.05) is 0 Å². The number of H-pyrrole nitrogens is 1. The molecule has 1 saturated carbocycles. The maximum atomic E-state index is 11.6. The van der Waals surface area contributed by atoms with Gasteiger partial charge in [0.2, 0.25) is 0 Å². The zero-order valence-corrected chi connectivity index (χ0v) is 10.9. The second kappa shape index (κ2) is 5.50. The highest BCUT2D eigenvalue weighted by molar-refractivity contribution is 5.75. The normalized spacial score (nSPS) is 18.7. The van der Waals surface area contributed by atoms with Gasteiger partial charge < -0.3 is 5.11 Å². The van der Waals surface area contributed by atoms with E-state index in [1.807, 2.05) is 0 Å². The Morgan fingerprint density at radius 2 is 2.11 bits per heavy atom. The average Bonchev–Trinajstić information content (AvgIpc) is 2.78. The van der Waals surface area contributed by atoms with Crippen molar-refractivity contribution >= 4 is 5.97 Å². The largest absolute Gasteiger partial charge is 0.481 e. The lowest BCUT2D eigenvalue weighted by molar-refractivity contribution is -0.151. The molecule has 0 radical (unpaired) electrons. The van der Waals surface area contributed by atoms with Crippen molar-refractivity contribution in [2.24, 2.45) is 5.41 Å². The van der Waals surface area contributed by atoms with Gasteiger partial charge in [-0.3, -0.25) is 9.89 Å². The van der Waals surface area contributed by atoms with Crippen LogP contribution in [0.15, 0.2) is 0 Å². The maximum Gasteiger partial charge on any atom is 0.310 e. The van der Waals surface area contributed by atoms with Gasteiger partial charge in [0, 0.05) is 12.8 Å². The molecule has 1 heterocycles. The van der Waals surface area contributed by atoms with Crippen LogP contribution in [0.2, 0.25) is 0 Å². The third kappa shape index (κ3) is 2.71. The van der Waals surface area contributed by atoms with E-state index in [2.05, 4.69) is 22.1 Å². The molecule has 2 rings (SSSR count). The van der Waals surface area contributed by atoms with Gasteiger partial charge in [0.25, 0.3) is 0 Å². The van der Waals surface area contributed by atoms with Gasteiger partial charge in [0.1, 0.15) is 5.82 Å². The van der Waals surface area contributed by atoms with Crippen molar-refractivity contribution < 1.29 is 9.90 Å². The molecule has 1 aliphatic rings. The minimum Gasteiger partial charge on any atom is -0.481 e. The third-order valence-electron chi connectivity index (χ3n) is 3.82. The Kier molecular flexibility index (Phi) is 3.99. The van der Waals surface area contributed by atoms with Gasteiger partial charge in [-0.05, 0) is 19.3 Å². The summed E-state index contributed by atoms with van der Waals surface area (Å²) in [6.07, 6.45) is 6.99. The highest BCUT2D eigenvalue weighted by Crippen LogP contribution is 2.38. The smallest absolute Gasteiger partial charge is 0.310 e. The summed E-state index contributed by atoms with van der Waals surface area (Å²) < 4.78 is 0. The molecule has 0 aliphatic heterocycles. The second-order valence-corrected chi connectivity index (χ2v) is 5.27. The SMILES string of the molecule is CCCc1n[nH]c(CC2(C(=O)O)CCCCC2)n1. The first-order chi connectivity index (χ1) is 8.66. The van der Waals surface area contributed by atoms with Crippen molar-refractivity contribution in [3.05, 3.63) is 11.6 Å². The standard InChI is InChI=1S/C13H21N3O2/c1-2-6-10-14-11(16-15-10)9-13(12(17)18)7-4-3-5-8-13/h2-9H2,1H3,(H,17,18)(H,14,15,16). The molecule has 0 saturated heterocycles. The van der Waals surface area contributed by atoms with Crippen LogP contribution in [0.5, 0.6) is 0 Å². The Labute approximate surface area is 107 Å². The monoisotopic (exact) mass is 251 g/mol. The minimum atomic E-state index is -0.685. The molecule has 1 aliphatic carbocycles. The first-order valence-corrected chi connectivity index (χ1v) is 6.80. The summed E-state index contributed by atoms with van der Waals surface area (Å²) >= 11 is 0. The summed E-state index contributed by atoms with van der Waals surface area (Å²) in [7, 11) is 0. The summed E-state index contributed by atoms with van der Waals surface area (Å²) in [6, 6.07) is 0. The van der Waals surface area contributed by atoms with Gasteiger partial charge in [0.05, 0.1) is 5.41 Å². The van der Waals surface area contributed by atoms with Crippen LogP contribution in [0.1, 0.15) is 57.1 Å². The molecule has 0 amide bonds. The Hall–Kier alpha value is -1.39. The number of carboxylic acids is 1. The third-order valence-corrected chi connectivity index (χ3v) is 3.82. The van der Waals surface area contributed by atoms with Crippen LogP contribution in [0.3, 0.4) is 0 Å². The number of nitrogens with zero attached hydrogens (tertiary/aromatic N) is 2. The number of aromatic nitrogens is 3. The van der Waals surface area contributed by atoms with E-state index in [0.29, 0.717) is 6.42 Å². The molecular formula is C13H21N3O2. The number of carbonyl (C=O) groups is 1. The maximum absolute atomic E-state index is 11.6. The number of rotatable bonds is 5. The summed E-state index contributed by atoms with van der Waals surface area (Å²) in [5.41, 5.74) is -0.624.